The van der Waals surface area contributed by atoms with Gasteiger partial charge in [0, 0.05) is 17.6 Å². The fraction of sp³-hybridized carbons (Fsp3) is 0.357. The molecule has 0 radical (unpaired) electrons. The molecule has 1 fully saturated rings. The molecular weight excluding hydrogens is 250 g/mol. The molecule has 1 aromatic carbocycles. The molecule has 0 aliphatic heterocycles. The van der Waals surface area contributed by atoms with Crippen molar-refractivity contribution in [2.75, 3.05) is 6.54 Å². The summed E-state index contributed by atoms with van der Waals surface area (Å²) in [6.45, 7) is 0.323. The van der Waals surface area contributed by atoms with E-state index in [0.717, 1.165) is 18.4 Å². The molecule has 0 heterocycles. The first-order chi connectivity index (χ1) is 8.65. The largest absolute Gasteiger partial charge is 0.391 e. The molecule has 1 aromatic rings. The second-order valence-corrected chi connectivity index (χ2v) is 4.97. The molecule has 1 atom stereocenters. The third kappa shape index (κ3) is 4.17. The molecule has 1 unspecified atom stereocenters. The third-order valence-corrected chi connectivity index (χ3v) is 3.16. The second kappa shape index (κ2) is 6.03. The van der Waals surface area contributed by atoms with Crippen molar-refractivity contribution in [3.8, 4) is 0 Å². The van der Waals surface area contributed by atoms with Crippen molar-refractivity contribution in [3.05, 3.63) is 40.9 Å². The molecule has 1 amide bonds. The van der Waals surface area contributed by atoms with Crippen molar-refractivity contribution in [3.63, 3.8) is 0 Å². The normalized spacial score (nSPS) is 16.8. The van der Waals surface area contributed by atoms with Gasteiger partial charge in [0.05, 0.1) is 6.10 Å². The van der Waals surface area contributed by atoms with E-state index in [-0.39, 0.29) is 5.91 Å². The maximum atomic E-state index is 11.5. The molecular formula is C14H16ClNO2. The van der Waals surface area contributed by atoms with Crippen molar-refractivity contribution in [1.82, 2.24) is 5.32 Å². The van der Waals surface area contributed by atoms with Crippen LogP contribution in [0.5, 0.6) is 0 Å². The number of carbonyl (C=O) groups is 1. The van der Waals surface area contributed by atoms with Crippen LogP contribution in [0.2, 0.25) is 5.02 Å². The molecule has 1 aliphatic rings. The number of amides is 1. The number of carbonyl (C=O) groups excluding carboxylic acids is 1. The highest BCUT2D eigenvalue weighted by atomic mass is 35.5. The first kappa shape index (κ1) is 13.1. The van der Waals surface area contributed by atoms with E-state index in [2.05, 4.69) is 5.32 Å². The van der Waals surface area contributed by atoms with Crippen LogP contribution in [0.15, 0.2) is 30.3 Å². The van der Waals surface area contributed by atoms with E-state index in [4.69, 9.17) is 11.6 Å². The molecule has 2 rings (SSSR count). The van der Waals surface area contributed by atoms with Gasteiger partial charge < -0.3 is 10.4 Å². The number of halogens is 1. The van der Waals surface area contributed by atoms with Gasteiger partial charge in [-0.05, 0) is 42.5 Å². The predicted octanol–water partition coefficient (Wildman–Crippen LogP) is 2.24. The Morgan fingerprint density at radius 2 is 2.33 bits per heavy atom. The van der Waals surface area contributed by atoms with E-state index in [9.17, 15) is 9.90 Å². The minimum absolute atomic E-state index is 0.199. The highest BCUT2D eigenvalue weighted by molar-refractivity contribution is 6.30. The minimum atomic E-state index is -0.409. The first-order valence-electron chi connectivity index (χ1n) is 6.04. The predicted molar refractivity (Wildman–Crippen MR) is 72.2 cm³/mol. The van der Waals surface area contributed by atoms with Gasteiger partial charge in [0.25, 0.3) is 0 Å². The number of hydrogen-bond acceptors (Lipinski definition) is 2. The Labute approximate surface area is 111 Å². The van der Waals surface area contributed by atoms with Crippen LogP contribution < -0.4 is 5.32 Å². The van der Waals surface area contributed by atoms with Crippen molar-refractivity contribution in [1.29, 1.82) is 0 Å². The van der Waals surface area contributed by atoms with E-state index < -0.39 is 6.10 Å². The molecule has 0 saturated heterocycles. The Bertz CT molecular complexity index is 455. The zero-order chi connectivity index (χ0) is 13.0. The molecule has 0 spiro atoms. The van der Waals surface area contributed by atoms with Crippen LogP contribution in [0.25, 0.3) is 6.08 Å². The smallest absolute Gasteiger partial charge is 0.244 e. The summed E-state index contributed by atoms with van der Waals surface area (Å²) in [5, 5.41) is 12.9. The molecule has 0 aromatic heterocycles. The summed E-state index contributed by atoms with van der Waals surface area (Å²) in [5.74, 6) is 0.178. The highest BCUT2D eigenvalue weighted by Crippen LogP contribution is 2.32. The van der Waals surface area contributed by atoms with Crippen LogP contribution in [0.3, 0.4) is 0 Å². The maximum Gasteiger partial charge on any atom is 0.244 e. The SMILES string of the molecule is O=C(C=Cc1cccc(Cl)c1)NCC(O)C1CC1. The number of hydrogen-bond donors (Lipinski definition) is 2. The second-order valence-electron chi connectivity index (χ2n) is 4.54. The van der Waals surface area contributed by atoms with Crippen LogP contribution in [0.4, 0.5) is 0 Å². The Kier molecular flexibility index (Phi) is 4.39. The summed E-state index contributed by atoms with van der Waals surface area (Å²) in [6, 6.07) is 7.26. The lowest BCUT2D eigenvalue weighted by Crippen LogP contribution is -2.31. The van der Waals surface area contributed by atoms with E-state index in [0.29, 0.717) is 17.5 Å². The molecule has 0 bridgehead atoms. The number of nitrogens with one attached hydrogen (secondary N) is 1. The van der Waals surface area contributed by atoms with Crippen molar-refractivity contribution in [2.45, 2.75) is 18.9 Å². The molecule has 1 aliphatic carbocycles. The van der Waals surface area contributed by atoms with Crippen LogP contribution in [0, 0.1) is 5.92 Å². The van der Waals surface area contributed by atoms with Crippen molar-refractivity contribution in [2.24, 2.45) is 5.92 Å². The Hall–Kier alpha value is -1.32. The van der Waals surface area contributed by atoms with E-state index in [1.54, 1.807) is 18.2 Å². The lowest BCUT2D eigenvalue weighted by atomic mass is 10.2. The quantitative estimate of drug-likeness (QED) is 0.802. The Morgan fingerprint density at radius 1 is 1.56 bits per heavy atom. The van der Waals surface area contributed by atoms with E-state index >= 15 is 0 Å². The fourth-order valence-electron chi connectivity index (χ4n) is 1.69. The summed E-state index contributed by atoms with van der Waals surface area (Å²) in [7, 11) is 0. The van der Waals surface area contributed by atoms with Crippen LogP contribution >= 0.6 is 11.6 Å². The Morgan fingerprint density at radius 3 is 3.00 bits per heavy atom. The average molecular weight is 266 g/mol. The van der Waals surface area contributed by atoms with Gasteiger partial charge >= 0.3 is 0 Å². The van der Waals surface area contributed by atoms with Gasteiger partial charge in [-0.15, -0.1) is 0 Å². The van der Waals surface area contributed by atoms with Gasteiger partial charge in [-0.3, -0.25) is 4.79 Å². The van der Waals surface area contributed by atoms with Crippen LogP contribution in [0.1, 0.15) is 18.4 Å². The van der Waals surface area contributed by atoms with Gasteiger partial charge in [-0.2, -0.15) is 0 Å². The first-order valence-corrected chi connectivity index (χ1v) is 6.42. The topological polar surface area (TPSA) is 49.3 Å². The number of aliphatic hydroxyl groups is 1. The minimum Gasteiger partial charge on any atom is -0.391 e. The van der Waals surface area contributed by atoms with Gasteiger partial charge in [0.2, 0.25) is 5.91 Å². The highest BCUT2D eigenvalue weighted by Gasteiger charge is 2.29. The fourth-order valence-corrected chi connectivity index (χ4v) is 1.89. The standard InChI is InChI=1S/C14H16ClNO2/c15-12-3-1-2-10(8-12)4-7-14(18)16-9-13(17)11-5-6-11/h1-4,7-8,11,13,17H,5-6,9H2,(H,16,18). The molecule has 4 heteroatoms. The average Bonchev–Trinajstić information content (AvgIpc) is 3.17. The third-order valence-electron chi connectivity index (χ3n) is 2.93. The number of rotatable bonds is 5. The lowest BCUT2D eigenvalue weighted by Gasteiger charge is -2.08. The molecule has 2 N–H and O–H groups in total. The van der Waals surface area contributed by atoms with Crippen molar-refractivity contribution >= 4 is 23.6 Å². The van der Waals surface area contributed by atoms with Gasteiger partial charge in [0.1, 0.15) is 0 Å². The summed E-state index contributed by atoms with van der Waals surface area (Å²) >= 11 is 5.84. The maximum absolute atomic E-state index is 11.5. The van der Waals surface area contributed by atoms with E-state index in [1.807, 2.05) is 12.1 Å². The monoisotopic (exact) mass is 265 g/mol. The van der Waals surface area contributed by atoms with Gasteiger partial charge in [-0.1, -0.05) is 23.7 Å². The zero-order valence-electron chi connectivity index (χ0n) is 9.97. The summed E-state index contributed by atoms with van der Waals surface area (Å²) < 4.78 is 0. The molecule has 18 heavy (non-hydrogen) atoms. The molecule has 96 valence electrons. The lowest BCUT2D eigenvalue weighted by molar-refractivity contribution is -0.116. The Balaban J connectivity index is 1.79. The van der Waals surface area contributed by atoms with Crippen LogP contribution in [-0.4, -0.2) is 23.7 Å². The molecule has 3 nitrogen and oxygen atoms in total. The number of benzene rings is 1. The summed E-state index contributed by atoms with van der Waals surface area (Å²) in [4.78, 5) is 11.5. The summed E-state index contributed by atoms with van der Waals surface area (Å²) in [5.41, 5.74) is 0.875. The van der Waals surface area contributed by atoms with Gasteiger partial charge in [-0.25, -0.2) is 0 Å². The molecule has 1 saturated carbocycles. The number of aliphatic hydroxyl groups excluding tert-OH is 1. The van der Waals surface area contributed by atoms with Gasteiger partial charge in [0.15, 0.2) is 0 Å². The van der Waals surface area contributed by atoms with E-state index in [1.165, 1.54) is 6.08 Å². The summed E-state index contributed by atoms with van der Waals surface area (Å²) in [6.07, 6.45) is 4.87. The van der Waals surface area contributed by atoms with Crippen LogP contribution in [-0.2, 0) is 4.79 Å². The van der Waals surface area contributed by atoms with Crippen molar-refractivity contribution < 1.29 is 9.90 Å². The zero-order valence-corrected chi connectivity index (χ0v) is 10.7.